The second kappa shape index (κ2) is 6.27. The normalized spacial score (nSPS) is 14.5. The van der Waals surface area contributed by atoms with Crippen molar-refractivity contribution in [3.8, 4) is 0 Å². The van der Waals surface area contributed by atoms with Gasteiger partial charge in [0.2, 0.25) is 11.5 Å². The van der Waals surface area contributed by atoms with E-state index in [2.05, 4.69) is 20.5 Å². The van der Waals surface area contributed by atoms with E-state index in [0.29, 0.717) is 12.0 Å². The number of anilines is 1. The zero-order valence-corrected chi connectivity index (χ0v) is 13.4. The molecule has 2 aromatic heterocycles. The minimum Gasteiger partial charge on any atom is -0.374 e. The first kappa shape index (κ1) is 18.0. The van der Waals surface area contributed by atoms with Crippen LogP contribution in [0.5, 0.6) is 0 Å². The molecule has 0 aliphatic rings. The average Bonchev–Trinajstić information content (AvgIpc) is 3.05. The summed E-state index contributed by atoms with van der Waals surface area (Å²) in [4.78, 5) is 15.6. The molecule has 2 aromatic rings. The van der Waals surface area contributed by atoms with E-state index in [-0.39, 0.29) is 5.82 Å². The van der Waals surface area contributed by atoms with Crippen molar-refractivity contribution in [2.45, 2.75) is 38.5 Å². The SMILES string of the molecule is CCc1[nH]nc(NC(=O)CC(O)(c2nccn2C)C(F)(F)F)c1C. The van der Waals surface area contributed by atoms with Crippen molar-refractivity contribution in [1.29, 1.82) is 0 Å². The number of hydrogen-bond donors (Lipinski definition) is 3. The number of alkyl halides is 3. The maximum atomic E-state index is 13.4. The van der Waals surface area contributed by atoms with E-state index in [1.165, 1.54) is 13.2 Å². The number of hydrogen-bond acceptors (Lipinski definition) is 4. The zero-order chi connectivity index (χ0) is 18.1. The molecule has 0 aliphatic carbocycles. The number of nitrogens with zero attached hydrogens (tertiary/aromatic N) is 3. The van der Waals surface area contributed by atoms with Crippen LogP contribution in [0.25, 0.3) is 0 Å². The maximum Gasteiger partial charge on any atom is 0.425 e. The van der Waals surface area contributed by atoms with Crippen LogP contribution in [0.1, 0.15) is 30.4 Å². The highest BCUT2D eigenvalue weighted by Crippen LogP contribution is 2.40. The van der Waals surface area contributed by atoms with Gasteiger partial charge in [-0.15, -0.1) is 0 Å². The molecular formula is C14H18F3N5O2. The van der Waals surface area contributed by atoms with Crippen LogP contribution in [-0.4, -0.2) is 36.9 Å². The Bertz CT molecular complexity index is 737. The summed E-state index contributed by atoms with van der Waals surface area (Å²) in [6, 6.07) is 0. The first-order valence-corrected chi connectivity index (χ1v) is 7.20. The molecule has 0 spiro atoms. The number of aryl methyl sites for hydroxylation is 2. The first-order chi connectivity index (χ1) is 11.1. The van der Waals surface area contributed by atoms with Gasteiger partial charge < -0.3 is 15.0 Å². The van der Waals surface area contributed by atoms with Crippen molar-refractivity contribution in [1.82, 2.24) is 19.7 Å². The van der Waals surface area contributed by atoms with E-state index in [1.807, 2.05) is 6.92 Å². The lowest BCUT2D eigenvalue weighted by molar-refractivity contribution is -0.270. The standard InChI is InChI=1S/C14H18F3N5O2/c1-4-9-8(2)11(21-20-9)19-10(23)7-13(24,14(15,16)17)12-18-5-6-22(12)3/h5-6,24H,4,7H2,1-3H3,(H2,19,20,21,23). The molecule has 1 amide bonds. The highest BCUT2D eigenvalue weighted by Gasteiger charge is 2.58. The second-order valence-electron chi connectivity index (χ2n) is 5.47. The minimum absolute atomic E-state index is 0.140. The molecule has 1 atom stereocenters. The highest BCUT2D eigenvalue weighted by molar-refractivity contribution is 5.91. The molecule has 2 rings (SSSR count). The molecule has 24 heavy (non-hydrogen) atoms. The third-order valence-corrected chi connectivity index (χ3v) is 3.80. The lowest BCUT2D eigenvalue weighted by Crippen LogP contribution is -2.46. The van der Waals surface area contributed by atoms with Crippen molar-refractivity contribution in [2.75, 3.05) is 5.32 Å². The van der Waals surface area contributed by atoms with Gasteiger partial charge in [0.1, 0.15) is 0 Å². The van der Waals surface area contributed by atoms with Crippen LogP contribution >= 0.6 is 0 Å². The summed E-state index contributed by atoms with van der Waals surface area (Å²) >= 11 is 0. The van der Waals surface area contributed by atoms with Crippen molar-refractivity contribution in [3.05, 3.63) is 29.5 Å². The lowest BCUT2D eigenvalue weighted by atomic mass is 9.97. The van der Waals surface area contributed by atoms with Gasteiger partial charge in [0.15, 0.2) is 11.6 Å². The van der Waals surface area contributed by atoms with E-state index in [1.54, 1.807) is 6.92 Å². The van der Waals surface area contributed by atoms with Crippen LogP contribution in [0.3, 0.4) is 0 Å². The summed E-state index contributed by atoms with van der Waals surface area (Å²) in [5, 5.41) is 19.0. The van der Waals surface area contributed by atoms with Gasteiger partial charge in [0.05, 0.1) is 6.42 Å². The molecule has 10 heteroatoms. The van der Waals surface area contributed by atoms with Crippen molar-refractivity contribution in [3.63, 3.8) is 0 Å². The summed E-state index contributed by atoms with van der Waals surface area (Å²) < 4.78 is 41.2. The van der Waals surface area contributed by atoms with Gasteiger partial charge >= 0.3 is 6.18 Å². The van der Waals surface area contributed by atoms with Crippen LogP contribution in [0.4, 0.5) is 19.0 Å². The number of H-pyrrole nitrogens is 1. The highest BCUT2D eigenvalue weighted by atomic mass is 19.4. The van der Waals surface area contributed by atoms with Crippen LogP contribution in [0, 0.1) is 6.92 Å². The Labute approximate surface area is 135 Å². The number of amides is 1. The summed E-state index contributed by atoms with van der Waals surface area (Å²) in [7, 11) is 1.31. The Morgan fingerprint density at radius 3 is 2.58 bits per heavy atom. The zero-order valence-electron chi connectivity index (χ0n) is 13.4. The predicted octanol–water partition coefficient (Wildman–Crippen LogP) is 1.79. The molecule has 0 aliphatic heterocycles. The first-order valence-electron chi connectivity index (χ1n) is 7.20. The molecule has 0 fully saturated rings. The summed E-state index contributed by atoms with van der Waals surface area (Å²) in [5.41, 5.74) is -1.99. The largest absolute Gasteiger partial charge is 0.425 e. The van der Waals surface area contributed by atoms with Crippen molar-refractivity contribution >= 4 is 11.7 Å². The Hall–Kier alpha value is -2.36. The summed E-state index contributed by atoms with van der Waals surface area (Å²) in [6.45, 7) is 3.56. The number of aliphatic hydroxyl groups is 1. The lowest BCUT2D eigenvalue weighted by Gasteiger charge is -2.29. The van der Waals surface area contributed by atoms with Gasteiger partial charge in [-0.05, 0) is 13.3 Å². The smallest absolute Gasteiger partial charge is 0.374 e. The Morgan fingerprint density at radius 1 is 1.46 bits per heavy atom. The molecule has 132 valence electrons. The molecule has 1 unspecified atom stereocenters. The topological polar surface area (TPSA) is 95.8 Å². The van der Waals surface area contributed by atoms with Crippen LogP contribution in [0.15, 0.2) is 12.4 Å². The number of imidazole rings is 1. The van der Waals surface area contributed by atoms with E-state index < -0.39 is 29.9 Å². The Morgan fingerprint density at radius 2 is 2.12 bits per heavy atom. The van der Waals surface area contributed by atoms with Gasteiger partial charge in [-0.3, -0.25) is 9.89 Å². The number of aromatic amines is 1. The van der Waals surface area contributed by atoms with Gasteiger partial charge in [0, 0.05) is 30.7 Å². The Balaban J connectivity index is 2.26. The third kappa shape index (κ3) is 3.14. The predicted molar refractivity (Wildman–Crippen MR) is 79.1 cm³/mol. The summed E-state index contributed by atoms with van der Waals surface area (Å²) in [6.07, 6.45) is -3.28. The number of halogens is 3. The minimum atomic E-state index is -5.07. The quantitative estimate of drug-likeness (QED) is 0.770. The summed E-state index contributed by atoms with van der Waals surface area (Å²) in [5.74, 6) is -1.53. The fourth-order valence-electron chi connectivity index (χ4n) is 2.38. The number of carbonyl (C=O) groups excluding carboxylic acids is 1. The van der Waals surface area contributed by atoms with Crippen LogP contribution in [-0.2, 0) is 23.9 Å². The number of rotatable bonds is 5. The molecule has 2 heterocycles. The number of nitrogens with one attached hydrogen (secondary N) is 2. The van der Waals surface area contributed by atoms with E-state index in [9.17, 15) is 23.1 Å². The molecule has 0 saturated heterocycles. The second-order valence-corrected chi connectivity index (χ2v) is 5.47. The molecule has 0 saturated carbocycles. The Kier molecular flexibility index (Phi) is 4.70. The maximum absolute atomic E-state index is 13.4. The van der Waals surface area contributed by atoms with Crippen LogP contribution in [0.2, 0.25) is 0 Å². The molecular weight excluding hydrogens is 327 g/mol. The number of aromatic nitrogens is 4. The van der Waals surface area contributed by atoms with Gasteiger partial charge in [0.25, 0.3) is 0 Å². The van der Waals surface area contributed by atoms with Crippen molar-refractivity contribution in [2.24, 2.45) is 7.05 Å². The van der Waals surface area contributed by atoms with E-state index in [0.717, 1.165) is 16.5 Å². The van der Waals surface area contributed by atoms with E-state index >= 15 is 0 Å². The van der Waals surface area contributed by atoms with Gasteiger partial charge in [-0.1, -0.05) is 6.92 Å². The third-order valence-electron chi connectivity index (χ3n) is 3.80. The molecule has 0 aromatic carbocycles. The van der Waals surface area contributed by atoms with Crippen LogP contribution < -0.4 is 5.32 Å². The molecule has 0 radical (unpaired) electrons. The van der Waals surface area contributed by atoms with Gasteiger partial charge in [-0.25, -0.2) is 4.98 Å². The number of carbonyl (C=O) groups is 1. The monoisotopic (exact) mass is 345 g/mol. The molecule has 3 N–H and O–H groups in total. The van der Waals surface area contributed by atoms with Crippen molar-refractivity contribution < 1.29 is 23.1 Å². The molecule has 0 bridgehead atoms. The molecule has 7 nitrogen and oxygen atoms in total. The fraction of sp³-hybridized carbons (Fsp3) is 0.500. The average molecular weight is 345 g/mol. The van der Waals surface area contributed by atoms with Gasteiger partial charge in [-0.2, -0.15) is 18.3 Å². The van der Waals surface area contributed by atoms with E-state index in [4.69, 9.17) is 0 Å². The fourth-order valence-corrected chi connectivity index (χ4v) is 2.38.